The van der Waals surface area contributed by atoms with Crippen molar-refractivity contribution in [3.05, 3.63) is 69.9 Å². The van der Waals surface area contributed by atoms with Gasteiger partial charge in [0, 0.05) is 41.6 Å². The van der Waals surface area contributed by atoms with Crippen molar-refractivity contribution in [2.75, 3.05) is 23.8 Å². The van der Waals surface area contributed by atoms with Crippen LogP contribution in [0.5, 0.6) is 0 Å². The van der Waals surface area contributed by atoms with Gasteiger partial charge in [-0.25, -0.2) is 0 Å². The zero-order valence-corrected chi connectivity index (χ0v) is 16.1. The van der Waals surface area contributed by atoms with E-state index in [-0.39, 0.29) is 18.1 Å². The van der Waals surface area contributed by atoms with Crippen molar-refractivity contribution in [3.63, 3.8) is 0 Å². The molecule has 0 aliphatic carbocycles. The van der Waals surface area contributed by atoms with E-state index in [1.165, 1.54) is 12.1 Å². The van der Waals surface area contributed by atoms with Gasteiger partial charge in [0.05, 0.1) is 17.0 Å². The number of aromatic nitrogens is 1. The average Bonchev–Trinajstić information content (AvgIpc) is 2.67. The van der Waals surface area contributed by atoms with Crippen LogP contribution < -0.4 is 10.2 Å². The maximum atomic E-state index is 12.6. The van der Waals surface area contributed by atoms with E-state index in [9.17, 15) is 14.9 Å². The zero-order chi connectivity index (χ0) is 20.3. The summed E-state index contributed by atoms with van der Waals surface area (Å²) >= 11 is 0. The van der Waals surface area contributed by atoms with Crippen molar-refractivity contribution in [3.8, 4) is 0 Å². The summed E-state index contributed by atoms with van der Waals surface area (Å²) in [5.41, 5.74) is 4.03. The van der Waals surface area contributed by atoms with Crippen molar-refractivity contribution in [2.24, 2.45) is 0 Å². The molecule has 0 aliphatic rings. The lowest BCUT2D eigenvalue weighted by Gasteiger charge is -2.21. The molecule has 0 radical (unpaired) electrons. The topological polar surface area (TPSA) is 88.4 Å². The molecule has 3 aromatic rings. The molecule has 28 heavy (non-hydrogen) atoms. The summed E-state index contributed by atoms with van der Waals surface area (Å²) in [6.07, 6.45) is 0.824. The van der Waals surface area contributed by atoms with Gasteiger partial charge in [0.2, 0.25) is 5.91 Å². The minimum atomic E-state index is -0.433. The van der Waals surface area contributed by atoms with Crippen molar-refractivity contribution in [1.29, 1.82) is 0 Å². The molecule has 0 aliphatic heterocycles. The van der Waals surface area contributed by atoms with Crippen molar-refractivity contribution >= 4 is 33.9 Å². The van der Waals surface area contributed by atoms with Crippen LogP contribution in [0.1, 0.15) is 18.2 Å². The number of para-hydroxylation sites is 1. The predicted octanol–water partition coefficient (Wildman–Crippen LogP) is 4.09. The van der Waals surface area contributed by atoms with Crippen LogP contribution in [0.4, 0.5) is 17.1 Å². The molecule has 1 aromatic heterocycles. The second kappa shape index (κ2) is 8.04. The van der Waals surface area contributed by atoms with E-state index in [1.54, 1.807) is 18.0 Å². The molecule has 0 atom stereocenters. The molecule has 2 aromatic carbocycles. The number of hydrogen-bond donors (Lipinski definition) is 1. The number of anilines is 2. The minimum absolute atomic E-state index is 0.00544. The third-order valence-electron chi connectivity index (χ3n) is 4.57. The molecule has 1 amide bonds. The monoisotopic (exact) mass is 378 g/mol. The number of fused-ring (bicyclic) bond motifs is 1. The van der Waals surface area contributed by atoms with Crippen LogP contribution in [-0.4, -0.2) is 29.4 Å². The molecule has 3 rings (SSSR count). The Hall–Kier alpha value is -3.48. The Morgan fingerprint density at radius 2 is 1.96 bits per heavy atom. The number of amides is 1. The lowest BCUT2D eigenvalue weighted by atomic mass is 10.1. The SMILES string of the molecule is CCc1ccccc1NC(=O)CN(C)c1cc(C)nc2ccc([N+](=O)[O-])cc12. The summed E-state index contributed by atoms with van der Waals surface area (Å²) in [5.74, 6) is -0.156. The molecule has 0 saturated carbocycles. The first-order valence-corrected chi connectivity index (χ1v) is 9.03. The van der Waals surface area contributed by atoms with E-state index in [0.717, 1.165) is 29.1 Å². The third kappa shape index (κ3) is 4.09. The molecule has 7 nitrogen and oxygen atoms in total. The number of likely N-dealkylation sites (N-methyl/N-ethyl adjacent to an activating group) is 1. The number of carbonyl (C=O) groups is 1. The molecule has 144 valence electrons. The van der Waals surface area contributed by atoms with Crippen LogP contribution in [0.2, 0.25) is 0 Å². The van der Waals surface area contributed by atoms with E-state index in [4.69, 9.17) is 0 Å². The van der Waals surface area contributed by atoms with Crippen LogP contribution >= 0.6 is 0 Å². The number of nitrogens with zero attached hydrogens (tertiary/aromatic N) is 3. The van der Waals surface area contributed by atoms with Crippen LogP contribution in [0.25, 0.3) is 10.9 Å². The van der Waals surface area contributed by atoms with Crippen LogP contribution in [-0.2, 0) is 11.2 Å². The fraction of sp³-hybridized carbons (Fsp3) is 0.238. The fourth-order valence-corrected chi connectivity index (χ4v) is 3.19. The standard InChI is InChI=1S/C21H22N4O3/c1-4-15-7-5-6-8-18(15)23-21(26)13-24(3)20-11-14(2)22-19-10-9-16(25(27)28)12-17(19)20/h5-12H,4,13H2,1-3H3,(H,23,26). The number of benzene rings is 2. The normalized spacial score (nSPS) is 10.7. The van der Waals surface area contributed by atoms with Crippen LogP contribution in [0.15, 0.2) is 48.5 Å². The van der Waals surface area contributed by atoms with Gasteiger partial charge >= 0.3 is 0 Å². The molecule has 0 bridgehead atoms. The minimum Gasteiger partial charge on any atom is -0.365 e. The Morgan fingerprint density at radius 3 is 2.68 bits per heavy atom. The number of aryl methyl sites for hydroxylation is 2. The Kier molecular flexibility index (Phi) is 5.54. The highest BCUT2D eigenvalue weighted by Crippen LogP contribution is 2.29. The second-order valence-corrected chi connectivity index (χ2v) is 6.66. The number of carbonyl (C=O) groups excluding carboxylic acids is 1. The van der Waals surface area contributed by atoms with Crippen LogP contribution in [0, 0.1) is 17.0 Å². The van der Waals surface area contributed by atoms with Crippen molar-refractivity contribution in [2.45, 2.75) is 20.3 Å². The summed E-state index contributed by atoms with van der Waals surface area (Å²) in [4.78, 5) is 29.5. The molecule has 0 unspecified atom stereocenters. The average molecular weight is 378 g/mol. The Morgan fingerprint density at radius 1 is 1.21 bits per heavy atom. The van der Waals surface area contributed by atoms with Gasteiger partial charge in [-0.15, -0.1) is 0 Å². The summed E-state index contributed by atoms with van der Waals surface area (Å²) in [6.45, 7) is 4.00. The first-order valence-electron chi connectivity index (χ1n) is 9.03. The number of rotatable bonds is 6. The van der Waals surface area contributed by atoms with Gasteiger partial charge in [-0.1, -0.05) is 25.1 Å². The molecular weight excluding hydrogens is 356 g/mol. The summed E-state index contributed by atoms with van der Waals surface area (Å²) in [7, 11) is 1.79. The largest absolute Gasteiger partial charge is 0.365 e. The summed E-state index contributed by atoms with van der Waals surface area (Å²) in [5, 5.41) is 14.7. The van der Waals surface area contributed by atoms with Gasteiger partial charge in [-0.2, -0.15) is 0 Å². The first-order chi connectivity index (χ1) is 13.4. The quantitative estimate of drug-likeness (QED) is 0.515. The number of pyridine rings is 1. The van der Waals surface area contributed by atoms with Gasteiger partial charge in [0.25, 0.3) is 5.69 Å². The number of nitro groups is 1. The predicted molar refractivity (Wildman–Crippen MR) is 111 cm³/mol. The van der Waals surface area contributed by atoms with E-state index in [1.807, 2.05) is 44.2 Å². The Balaban J connectivity index is 1.88. The maximum absolute atomic E-state index is 12.6. The van der Waals surface area contributed by atoms with Gasteiger partial charge < -0.3 is 10.2 Å². The number of hydrogen-bond acceptors (Lipinski definition) is 5. The fourth-order valence-electron chi connectivity index (χ4n) is 3.19. The highest BCUT2D eigenvalue weighted by Gasteiger charge is 2.16. The smallest absolute Gasteiger partial charge is 0.270 e. The highest BCUT2D eigenvalue weighted by molar-refractivity contribution is 5.98. The Bertz CT molecular complexity index is 1050. The molecule has 1 N–H and O–H groups in total. The number of nitro benzene ring substituents is 1. The van der Waals surface area contributed by atoms with Gasteiger partial charge in [0.15, 0.2) is 0 Å². The molecule has 0 spiro atoms. The molecule has 0 fully saturated rings. The Labute approximate surface area is 163 Å². The van der Waals surface area contributed by atoms with E-state index >= 15 is 0 Å². The molecular formula is C21H22N4O3. The van der Waals surface area contributed by atoms with Gasteiger partial charge in [0.1, 0.15) is 0 Å². The van der Waals surface area contributed by atoms with E-state index in [2.05, 4.69) is 10.3 Å². The first kappa shape index (κ1) is 19.3. The molecule has 1 heterocycles. The zero-order valence-electron chi connectivity index (χ0n) is 16.1. The van der Waals surface area contributed by atoms with E-state index < -0.39 is 4.92 Å². The molecule has 7 heteroatoms. The second-order valence-electron chi connectivity index (χ2n) is 6.66. The van der Waals surface area contributed by atoms with Crippen LogP contribution in [0.3, 0.4) is 0 Å². The van der Waals surface area contributed by atoms with Crippen molar-refractivity contribution in [1.82, 2.24) is 4.98 Å². The van der Waals surface area contributed by atoms with Gasteiger partial charge in [-0.3, -0.25) is 19.9 Å². The number of non-ortho nitro benzene ring substituents is 1. The number of nitrogens with one attached hydrogen (secondary N) is 1. The summed E-state index contributed by atoms with van der Waals surface area (Å²) in [6, 6.07) is 14.1. The highest BCUT2D eigenvalue weighted by atomic mass is 16.6. The lowest BCUT2D eigenvalue weighted by Crippen LogP contribution is -2.30. The van der Waals surface area contributed by atoms with E-state index in [0.29, 0.717) is 10.9 Å². The van der Waals surface area contributed by atoms with Crippen molar-refractivity contribution < 1.29 is 9.72 Å². The molecule has 0 saturated heterocycles. The summed E-state index contributed by atoms with van der Waals surface area (Å²) < 4.78 is 0. The maximum Gasteiger partial charge on any atom is 0.270 e. The lowest BCUT2D eigenvalue weighted by molar-refractivity contribution is -0.384. The third-order valence-corrected chi connectivity index (χ3v) is 4.57. The van der Waals surface area contributed by atoms with Gasteiger partial charge in [-0.05, 0) is 37.1 Å².